The van der Waals surface area contributed by atoms with Crippen LogP contribution in [0.15, 0.2) is 30.7 Å². The Morgan fingerprint density at radius 1 is 1.33 bits per heavy atom. The lowest BCUT2D eigenvalue weighted by molar-refractivity contribution is 0.457. The van der Waals surface area contributed by atoms with E-state index in [-0.39, 0.29) is 0 Å². The van der Waals surface area contributed by atoms with Crippen LogP contribution in [0.3, 0.4) is 0 Å². The minimum atomic E-state index is 0.547. The first-order valence-electron chi connectivity index (χ1n) is 5.98. The molecule has 0 saturated heterocycles. The summed E-state index contributed by atoms with van der Waals surface area (Å²) in [4.78, 5) is 8.02. The van der Waals surface area contributed by atoms with Gasteiger partial charge in [-0.2, -0.15) is 0 Å². The molecule has 1 heterocycles. The van der Waals surface area contributed by atoms with Crippen LogP contribution in [0.25, 0.3) is 0 Å². The Bertz CT molecular complexity index is 582. The normalized spacial score (nSPS) is 14.6. The molecule has 0 unspecified atom stereocenters. The van der Waals surface area contributed by atoms with Crippen molar-refractivity contribution in [3.05, 3.63) is 46.9 Å². The summed E-state index contributed by atoms with van der Waals surface area (Å²) in [6.45, 7) is 1.90. The minimum Gasteiger partial charge on any atom is -0.437 e. The van der Waals surface area contributed by atoms with E-state index in [4.69, 9.17) is 16.3 Å². The lowest BCUT2D eigenvalue weighted by Crippen LogP contribution is -1.93. The van der Waals surface area contributed by atoms with Crippen LogP contribution in [-0.2, 0) is 0 Å². The summed E-state index contributed by atoms with van der Waals surface area (Å²) in [6.07, 6.45) is 5.71. The lowest BCUT2D eigenvalue weighted by atomic mass is 10.1. The van der Waals surface area contributed by atoms with E-state index in [0.717, 1.165) is 5.56 Å². The number of aromatic nitrogens is 2. The van der Waals surface area contributed by atoms with Crippen molar-refractivity contribution in [1.29, 1.82) is 0 Å². The maximum atomic E-state index is 6.24. The van der Waals surface area contributed by atoms with E-state index in [1.165, 1.54) is 24.7 Å². The maximum Gasteiger partial charge on any atom is 0.225 e. The van der Waals surface area contributed by atoms with Crippen molar-refractivity contribution in [2.45, 2.75) is 25.7 Å². The summed E-state index contributed by atoms with van der Waals surface area (Å²) in [5, 5.41) is 0.636. The summed E-state index contributed by atoms with van der Waals surface area (Å²) in [5.41, 5.74) is 2.19. The van der Waals surface area contributed by atoms with Crippen LogP contribution in [0.5, 0.6) is 11.6 Å². The summed E-state index contributed by atoms with van der Waals surface area (Å²) in [5.74, 6) is 1.88. The van der Waals surface area contributed by atoms with E-state index in [0.29, 0.717) is 22.6 Å². The number of nitrogens with zero attached hydrogens (tertiary/aromatic N) is 2. The molecule has 0 radical (unpaired) electrons. The third-order valence-corrected chi connectivity index (χ3v) is 3.35. The van der Waals surface area contributed by atoms with Gasteiger partial charge in [-0.25, -0.2) is 9.97 Å². The lowest BCUT2D eigenvalue weighted by Gasteiger charge is -2.09. The monoisotopic (exact) mass is 260 g/mol. The molecule has 3 rings (SSSR count). The molecule has 0 spiro atoms. The molecule has 1 aromatic carbocycles. The van der Waals surface area contributed by atoms with Gasteiger partial charge in [-0.05, 0) is 43.4 Å². The van der Waals surface area contributed by atoms with Crippen molar-refractivity contribution in [3.63, 3.8) is 0 Å². The number of aryl methyl sites for hydroxylation is 1. The SMILES string of the molecule is Cc1cncnc1Oc1ccc(C2CC2)cc1Cl. The number of hydrogen-bond donors (Lipinski definition) is 0. The Balaban J connectivity index is 1.86. The molecule has 0 N–H and O–H groups in total. The van der Waals surface area contributed by atoms with Crippen LogP contribution < -0.4 is 4.74 Å². The highest BCUT2D eigenvalue weighted by Gasteiger charge is 2.24. The minimum absolute atomic E-state index is 0.547. The number of halogens is 1. The molecular weight excluding hydrogens is 248 g/mol. The van der Waals surface area contributed by atoms with Crippen LogP contribution in [0.4, 0.5) is 0 Å². The first-order valence-corrected chi connectivity index (χ1v) is 6.36. The van der Waals surface area contributed by atoms with Gasteiger partial charge in [-0.1, -0.05) is 17.7 Å². The van der Waals surface area contributed by atoms with Gasteiger partial charge in [0, 0.05) is 11.8 Å². The highest BCUT2D eigenvalue weighted by molar-refractivity contribution is 6.32. The third kappa shape index (κ3) is 2.31. The number of benzene rings is 1. The summed E-state index contributed by atoms with van der Waals surface area (Å²) in [6, 6.07) is 5.98. The van der Waals surface area contributed by atoms with Gasteiger partial charge >= 0.3 is 0 Å². The zero-order valence-corrected chi connectivity index (χ0v) is 10.8. The molecule has 3 nitrogen and oxygen atoms in total. The molecule has 1 fully saturated rings. The van der Waals surface area contributed by atoms with Gasteiger partial charge < -0.3 is 4.74 Å². The van der Waals surface area contributed by atoms with Crippen LogP contribution in [0, 0.1) is 6.92 Å². The summed E-state index contributed by atoms with van der Waals surface area (Å²) in [7, 11) is 0. The van der Waals surface area contributed by atoms with Gasteiger partial charge in [-0.15, -0.1) is 0 Å². The molecule has 0 amide bonds. The number of ether oxygens (including phenoxy) is 1. The quantitative estimate of drug-likeness (QED) is 0.833. The molecule has 92 valence electrons. The van der Waals surface area contributed by atoms with Crippen molar-refractivity contribution in [1.82, 2.24) is 9.97 Å². The van der Waals surface area contributed by atoms with E-state index < -0.39 is 0 Å². The third-order valence-electron chi connectivity index (χ3n) is 3.06. The Kier molecular flexibility index (Phi) is 2.92. The fraction of sp³-hybridized carbons (Fsp3) is 0.286. The van der Waals surface area contributed by atoms with Gasteiger partial charge in [-0.3, -0.25) is 0 Å². The fourth-order valence-electron chi connectivity index (χ4n) is 1.87. The Morgan fingerprint density at radius 2 is 2.17 bits per heavy atom. The van der Waals surface area contributed by atoms with Crippen molar-refractivity contribution < 1.29 is 4.74 Å². The van der Waals surface area contributed by atoms with Crippen LogP contribution in [-0.4, -0.2) is 9.97 Å². The standard InChI is InChI=1S/C14H13ClN2O/c1-9-7-16-8-17-14(9)18-13-5-4-11(6-12(13)15)10-2-3-10/h4-8,10H,2-3H2,1H3. The summed E-state index contributed by atoms with van der Waals surface area (Å²) >= 11 is 6.24. The predicted molar refractivity (Wildman–Crippen MR) is 70.3 cm³/mol. The zero-order chi connectivity index (χ0) is 12.5. The van der Waals surface area contributed by atoms with E-state index >= 15 is 0 Å². The second-order valence-corrected chi connectivity index (χ2v) is 4.98. The van der Waals surface area contributed by atoms with Crippen LogP contribution in [0.1, 0.15) is 29.9 Å². The topological polar surface area (TPSA) is 35.0 Å². The van der Waals surface area contributed by atoms with Crippen molar-refractivity contribution in [2.24, 2.45) is 0 Å². The van der Waals surface area contributed by atoms with Crippen molar-refractivity contribution in [3.8, 4) is 11.6 Å². The Labute approximate surface area is 111 Å². The molecule has 0 aliphatic heterocycles. The van der Waals surface area contributed by atoms with Crippen LogP contribution >= 0.6 is 11.6 Å². The molecule has 1 aliphatic rings. The average molecular weight is 261 g/mol. The largest absolute Gasteiger partial charge is 0.437 e. The molecule has 0 atom stereocenters. The van der Waals surface area contributed by atoms with Gasteiger partial charge in [0.1, 0.15) is 12.1 Å². The fourth-order valence-corrected chi connectivity index (χ4v) is 2.10. The molecular formula is C14H13ClN2O. The summed E-state index contributed by atoms with van der Waals surface area (Å²) < 4.78 is 5.71. The Hall–Kier alpha value is -1.61. The maximum absolute atomic E-state index is 6.24. The smallest absolute Gasteiger partial charge is 0.225 e. The first kappa shape index (κ1) is 11.5. The Morgan fingerprint density at radius 3 is 2.83 bits per heavy atom. The first-order chi connectivity index (χ1) is 8.74. The van der Waals surface area contributed by atoms with E-state index in [9.17, 15) is 0 Å². The molecule has 0 bridgehead atoms. The highest BCUT2D eigenvalue weighted by atomic mass is 35.5. The van der Waals surface area contributed by atoms with Gasteiger partial charge in [0.25, 0.3) is 0 Å². The predicted octanol–water partition coefficient (Wildman–Crippen LogP) is 4.11. The van der Waals surface area contributed by atoms with E-state index in [1.807, 2.05) is 19.1 Å². The van der Waals surface area contributed by atoms with Gasteiger partial charge in [0.2, 0.25) is 5.88 Å². The number of hydrogen-bond acceptors (Lipinski definition) is 3. The van der Waals surface area contributed by atoms with Crippen LogP contribution in [0.2, 0.25) is 5.02 Å². The number of rotatable bonds is 3. The molecule has 4 heteroatoms. The highest BCUT2D eigenvalue weighted by Crippen LogP contribution is 2.42. The molecule has 1 aliphatic carbocycles. The van der Waals surface area contributed by atoms with Gasteiger partial charge in [0.05, 0.1) is 5.02 Å². The second kappa shape index (κ2) is 4.58. The van der Waals surface area contributed by atoms with Crippen molar-refractivity contribution >= 4 is 11.6 Å². The van der Waals surface area contributed by atoms with E-state index in [1.54, 1.807) is 6.20 Å². The molecule has 2 aromatic rings. The molecule has 18 heavy (non-hydrogen) atoms. The second-order valence-electron chi connectivity index (χ2n) is 4.58. The van der Waals surface area contributed by atoms with Crippen molar-refractivity contribution in [2.75, 3.05) is 0 Å². The average Bonchev–Trinajstić information content (AvgIpc) is 3.18. The van der Waals surface area contributed by atoms with Gasteiger partial charge in [0.15, 0.2) is 0 Å². The molecule has 1 saturated carbocycles. The zero-order valence-electron chi connectivity index (χ0n) is 10.1. The molecule has 1 aromatic heterocycles. The van der Waals surface area contributed by atoms with E-state index in [2.05, 4.69) is 16.0 Å².